The number of anilines is 2. The number of carbonyl (C=O) groups excluding carboxylic acids is 2. The van der Waals surface area contributed by atoms with Crippen LogP contribution in [0.2, 0.25) is 15.1 Å². The highest BCUT2D eigenvalue weighted by Crippen LogP contribution is 2.51. The molecule has 0 spiro atoms. The number of imidazole rings is 1. The van der Waals surface area contributed by atoms with Gasteiger partial charge in [0.1, 0.15) is 5.69 Å². The molecule has 4 aromatic carbocycles. The van der Waals surface area contributed by atoms with Gasteiger partial charge in [-0.25, -0.2) is 9.78 Å². The van der Waals surface area contributed by atoms with E-state index in [0.717, 1.165) is 52.7 Å². The SMILES string of the molecule is N#Cc1ccc(N2CCC(N3CCCOC3=O)CC2)c(NC(=O)c2[nH]c3cc(Cl)cc4c3c2-c2c(-c3ccccc3)ncn2C4c2ccc(Cl)cc2Cl)c1. The molecule has 0 radical (unpaired) electrons. The van der Waals surface area contributed by atoms with Crippen molar-refractivity contribution in [3.8, 4) is 28.6 Å². The lowest BCUT2D eigenvalue weighted by atomic mass is 9.87. The van der Waals surface area contributed by atoms with Gasteiger partial charge in [0.2, 0.25) is 0 Å². The maximum absolute atomic E-state index is 14.7. The molecular formula is C41H32Cl3N7O3. The lowest BCUT2D eigenvalue weighted by Gasteiger charge is -2.40. The molecule has 3 aliphatic rings. The maximum atomic E-state index is 14.7. The molecule has 2 aromatic heterocycles. The maximum Gasteiger partial charge on any atom is 0.410 e. The Morgan fingerprint density at radius 3 is 2.52 bits per heavy atom. The van der Waals surface area contributed by atoms with Gasteiger partial charge < -0.3 is 29.4 Å². The van der Waals surface area contributed by atoms with Crippen LogP contribution in [0.4, 0.5) is 16.2 Å². The minimum absolute atomic E-state index is 0.0844. The number of halogens is 3. The quantitative estimate of drug-likeness (QED) is 0.174. The van der Waals surface area contributed by atoms with Gasteiger partial charge in [-0.3, -0.25) is 4.79 Å². The molecule has 0 saturated carbocycles. The van der Waals surface area contributed by atoms with E-state index in [9.17, 15) is 14.9 Å². The Morgan fingerprint density at radius 1 is 0.944 bits per heavy atom. The number of hydrogen-bond acceptors (Lipinski definition) is 6. The summed E-state index contributed by atoms with van der Waals surface area (Å²) in [6.07, 6.45) is 3.85. The van der Waals surface area contributed by atoms with Gasteiger partial charge in [-0.1, -0.05) is 71.2 Å². The predicted molar refractivity (Wildman–Crippen MR) is 211 cm³/mol. The van der Waals surface area contributed by atoms with E-state index < -0.39 is 6.04 Å². The number of H-pyrrole nitrogens is 1. The number of ether oxygens (including phenoxy) is 1. The molecule has 9 rings (SSSR count). The lowest BCUT2D eigenvalue weighted by molar-refractivity contribution is 0.0499. The predicted octanol–water partition coefficient (Wildman–Crippen LogP) is 9.54. The zero-order chi connectivity index (χ0) is 37.1. The van der Waals surface area contributed by atoms with Crippen molar-refractivity contribution in [1.82, 2.24) is 19.4 Å². The monoisotopic (exact) mass is 775 g/mol. The number of cyclic esters (lactones) is 1. The normalized spacial score (nSPS) is 16.9. The first-order chi connectivity index (χ1) is 26.3. The van der Waals surface area contributed by atoms with E-state index in [2.05, 4.69) is 21.3 Å². The highest BCUT2D eigenvalue weighted by Gasteiger charge is 2.37. The van der Waals surface area contributed by atoms with Crippen molar-refractivity contribution in [3.63, 3.8) is 0 Å². The third-order valence-electron chi connectivity index (χ3n) is 10.7. The summed E-state index contributed by atoms with van der Waals surface area (Å²) in [6, 6.07) is 26.2. The number of benzene rings is 4. The number of hydrogen-bond donors (Lipinski definition) is 2. The van der Waals surface area contributed by atoms with Crippen LogP contribution in [0.5, 0.6) is 0 Å². The molecule has 3 aliphatic heterocycles. The lowest BCUT2D eigenvalue weighted by Crippen LogP contribution is -2.50. The molecule has 2 saturated heterocycles. The fraction of sp³-hybridized carbons (Fsp3) is 0.220. The van der Waals surface area contributed by atoms with Crippen LogP contribution in [0.3, 0.4) is 0 Å². The molecule has 54 heavy (non-hydrogen) atoms. The van der Waals surface area contributed by atoms with Gasteiger partial charge in [0.25, 0.3) is 5.91 Å². The average Bonchev–Trinajstić information content (AvgIpc) is 3.79. The van der Waals surface area contributed by atoms with Crippen LogP contribution in [-0.2, 0) is 4.74 Å². The second kappa shape index (κ2) is 13.7. The Labute approximate surface area is 325 Å². The third-order valence-corrected chi connectivity index (χ3v) is 11.4. The smallest absolute Gasteiger partial charge is 0.410 e. The molecule has 2 fully saturated rings. The van der Waals surface area contributed by atoms with E-state index in [-0.39, 0.29) is 18.0 Å². The van der Waals surface area contributed by atoms with Gasteiger partial charge >= 0.3 is 6.09 Å². The first kappa shape index (κ1) is 34.3. The van der Waals surface area contributed by atoms with Crippen LogP contribution in [0.1, 0.15) is 52.5 Å². The first-order valence-corrected chi connectivity index (χ1v) is 18.9. The Balaban J connectivity index is 1.14. The van der Waals surface area contributed by atoms with Crippen molar-refractivity contribution in [2.45, 2.75) is 31.3 Å². The summed E-state index contributed by atoms with van der Waals surface area (Å²) >= 11 is 20.0. The fourth-order valence-corrected chi connectivity index (χ4v) is 8.98. The van der Waals surface area contributed by atoms with Crippen LogP contribution in [0.15, 0.2) is 85.2 Å². The largest absolute Gasteiger partial charge is 0.449 e. The van der Waals surface area contributed by atoms with E-state index in [1.165, 1.54) is 0 Å². The van der Waals surface area contributed by atoms with Crippen molar-refractivity contribution in [2.75, 3.05) is 36.5 Å². The molecule has 5 heterocycles. The van der Waals surface area contributed by atoms with Crippen molar-refractivity contribution < 1.29 is 14.3 Å². The van der Waals surface area contributed by atoms with Gasteiger partial charge in [0.05, 0.1) is 53.4 Å². The topological polar surface area (TPSA) is 119 Å². The number of nitrogens with zero attached hydrogens (tertiary/aromatic N) is 5. The molecule has 6 aromatic rings. The van der Waals surface area contributed by atoms with E-state index in [4.69, 9.17) is 44.5 Å². The molecule has 10 nitrogen and oxygen atoms in total. The Bertz CT molecular complexity index is 2520. The van der Waals surface area contributed by atoms with E-state index >= 15 is 0 Å². The average molecular weight is 777 g/mol. The highest BCUT2D eigenvalue weighted by atomic mass is 35.5. The molecule has 2 amide bonds. The molecule has 0 aliphatic carbocycles. The summed E-state index contributed by atoms with van der Waals surface area (Å²) in [5.74, 6) is -0.389. The summed E-state index contributed by atoms with van der Waals surface area (Å²) in [5.41, 5.74) is 7.40. The van der Waals surface area contributed by atoms with Crippen LogP contribution in [0.25, 0.3) is 33.4 Å². The minimum Gasteiger partial charge on any atom is -0.449 e. The fourth-order valence-electron chi connectivity index (χ4n) is 8.24. The molecular weight excluding hydrogens is 745 g/mol. The summed E-state index contributed by atoms with van der Waals surface area (Å²) in [5, 5.41) is 15.4. The Morgan fingerprint density at radius 2 is 1.76 bits per heavy atom. The first-order valence-electron chi connectivity index (χ1n) is 17.8. The number of aromatic amines is 1. The Kier molecular flexibility index (Phi) is 8.73. The number of fused-ring (bicyclic) bond motifs is 2. The summed E-state index contributed by atoms with van der Waals surface area (Å²) in [4.78, 5) is 39.6. The van der Waals surface area contributed by atoms with Crippen LogP contribution in [0, 0.1) is 11.3 Å². The third kappa shape index (κ3) is 5.84. The van der Waals surface area contributed by atoms with Crippen LogP contribution in [-0.4, -0.2) is 63.7 Å². The van der Waals surface area contributed by atoms with E-state index in [0.29, 0.717) is 75.0 Å². The molecule has 0 bridgehead atoms. The second-order valence-corrected chi connectivity index (χ2v) is 15.0. The molecule has 1 unspecified atom stereocenters. The second-order valence-electron chi connectivity index (χ2n) is 13.8. The number of aromatic nitrogens is 3. The van der Waals surface area contributed by atoms with Gasteiger partial charge in [0.15, 0.2) is 0 Å². The number of amides is 2. The number of nitriles is 1. The number of piperidine rings is 1. The van der Waals surface area contributed by atoms with E-state index in [1.807, 2.05) is 70.1 Å². The van der Waals surface area contributed by atoms with Crippen molar-refractivity contribution >= 4 is 69.1 Å². The van der Waals surface area contributed by atoms with Gasteiger partial charge in [-0.05, 0) is 72.9 Å². The minimum atomic E-state index is -0.427. The number of nitrogens with one attached hydrogen (secondary N) is 2. The summed E-state index contributed by atoms with van der Waals surface area (Å²) < 4.78 is 7.34. The number of carbonyl (C=O) groups is 2. The van der Waals surface area contributed by atoms with Crippen LogP contribution < -0.4 is 10.2 Å². The zero-order valence-corrected chi connectivity index (χ0v) is 31.0. The molecule has 2 N–H and O–H groups in total. The van der Waals surface area contributed by atoms with Crippen molar-refractivity contribution in [1.29, 1.82) is 5.26 Å². The Hall–Kier alpha value is -5.47. The van der Waals surface area contributed by atoms with Crippen molar-refractivity contribution in [3.05, 3.63) is 123 Å². The summed E-state index contributed by atoms with van der Waals surface area (Å²) in [7, 11) is 0. The van der Waals surface area contributed by atoms with Crippen molar-refractivity contribution in [2.24, 2.45) is 0 Å². The van der Waals surface area contributed by atoms with Gasteiger partial charge in [-0.15, -0.1) is 0 Å². The van der Waals surface area contributed by atoms with E-state index in [1.54, 1.807) is 24.5 Å². The van der Waals surface area contributed by atoms with Gasteiger partial charge in [0, 0.05) is 62.8 Å². The summed E-state index contributed by atoms with van der Waals surface area (Å²) in [6.45, 7) is 2.48. The molecule has 13 heteroatoms. The standard InChI is InChI=1S/C41H32Cl3N7O3/c42-25-8-9-28(30(44)19-25)38-29-18-26(43)20-32-34(29)35(39-36(46-22-51(38)39)24-5-2-1-3-6-24)37(47-32)40(52)48-31-17-23(21-45)7-10-33(31)49-14-11-27(12-15-49)50-13-4-16-54-41(50)53/h1-3,5-10,17-20,22,27,38,47H,4,11-16H2,(H,48,52). The number of rotatable bonds is 6. The zero-order valence-electron chi connectivity index (χ0n) is 28.8. The molecule has 270 valence electrons. The highest BCUT2D eigenvalue weighted by molar-refractivity contribution is 6.35. The van der Waals surface area contributed by atoms with Gasteiger partial charge in [-0.2, -0.15) is 5.26 Å². The molecule has 1 atom stereocenters. The van der Waals surface area contributed by atoms with Crippen LogP contribution >= 0.6 is 34.8 Å².